The fraction of sp³-hybridized carbons (Fsp3) is 0.647. The summed E-state index contributed by atoms with van der Waals surface area (Å²) in [6.45, 7) is 13.3. The van der Waals surface area contributed by atoms with Crippen molar-refractivity contribution in [2.45, 2.75) is 141 Å². The molecule has 0 saturated heterocycles. The molecule has 0 unspecified atom stereocenters. The van der Waals surface area contributed by atoms with Gasteiger partial charge in [-0.1, -0.05) is 112 Å². The molecule has 0 spiro atoms. The van der Waals surface area contributed by atoms with Crippen LogP contribution in [0.5, 0.6) is 5.75 Å². The third-order valence-corrected chi connectivity index (χ3v) is 12.4. The second-order valence-corrected chi connectivity index (χ2v) is 15.5. The number of ether oxygens (including phenoxy) is 1. The van der Waals surface area contributed by atoms with Crippen molar-refractivity contribution in [3.8, 4) is 16.9 Å². The van der Waals surface area contributed by atoms with Crippen LogP contribution < -0.4 is 10.0 Å². The van der Waals surface area contributed by atoms with Crippen molar-refractivity contribution >= 4 is 13.2 Å². The van der Waals surface area contributed by atoms with E-state index in [1.807, 2.05) is 0 Å². The summed E-state index contributed by atoms with van der Waals surface area (Å²) in [4.78, 5) is 0. The third kappa shape index (κ3) is 7.22. The number of benzene rings is 2. The zero-order chi connectivity index (χ0) is 28.3. The summed E-state index contributed by atoms with van der Waals surface area (Å²) in [6.07, 6.45) is 7.02. The molecule has 2 aliphatic carbocycles. The first-order valence-corrected chi connectivity index (χ1v) is 16.8. The Labute approximate surface area is 236 Å². The van der Waals surface area contributed by atoms with Gasteiger partial charge in [0.1, 0.15) is 5.75 Å². The van der Waals surface area contributed by atoms with E-state index in [0.29, 0.717) is 17.2 Å². The standard InChI is InChI=1S/C34H48F3OP/c1-22(2)25-20-29(23(3)4)32(30(21-25)24(5)6)28-18-13-19-31(38-34(35,36)37)33(28)39(26-14-9-7-10-15-26)27-16-11-8-12-17-27/h13,18-24,26-27H,7-12,14-17H2,1-6H3. The van der Waals surface area contributed by atoms with Crippen molar-refractivity contribution in [1.82, 2.24) is 0 Å². The van der Waals surface area contributed by atoms with Crippen LogP contribution in [0.2, 0.25) is 0 Å². The number of hydrogen-bond donors (Lipinski definition) is 0. The fourth-order valence-electron chi connectivity index (χ4n) is 6.85. The second-order valence-electron chi connectivity index (χ2n) is 12.7. The van der Waals surface area contributed by atoms with Crippen LogP contribution in [0.1, 0.15) is 140 Å². The lowest BCUT2D eigenvalue weighted by atomic mass is 9.81. The van der Waals surface area contributed by atoms with Crippen molar-refractivity contribution in [3.63, 3.8) is 0 Å². The lowest BCUT2D eigenvalue weighted by Crippen LogP contribution is -2.30. The SMILES string of the molecule is CC(C)c1cc(C(C)C)c(-c2cccc(OC(F)(F)F)c2P(C2CCCCC2)C2CCCCC2)c(C(C)C)c1. The van der Waals surface area contributed by atoms with Crippen LogP contribution in [-0.2, 0) is 0 Å². The van der Waals surface area contributed by atoms with E-state index in [1.54, 1.807) is 12.1 Å². The van der Waals surface area contributed by atoms with Gasteiger partial charge >= 0.3 is 6.36 Å². The van der Waals surface area contributed by atoms with Crippen LogP contribution in [0.3, 0.4) is 0 Å². The fourth-order valence-corrected chi connectivity index (χ4v) is 10.9. The number of alkyl halides is 3. The summed E-state index contributed by atoms with van der Waals surface area (Å²) in [7, 11) is -0.819. The second kappa shape index (κ2) is 13.0. The monoisotopic (exact) mass is 560 g/mol. The van der Waals surface area contributed by atoms with E-state index in [0.717, 1.165) is 42.1 Å². The van der Waals surface area contributed by atoms with Gasteiger partial charge in [0.15, 0.2) is 0 Å². The highest BCUT2D eigenvalue weighted by atomic mass is 31.1. The zero-order valence-electron chi connectivity index (χ0n) is 24.8. The summed E-state index contributed by atoms with van der Waals surface area (Å²) in [6, 6.07) is 10.1. The van der Waals surface area contributed by atoms with Crippen molar-refractivity contribution in [2.75, 3.05) is 0 Å². The first-order valence-electron chi connectivity index (χ1n) is 15.3. The lowest BCUT2D eigenvalue weighted by molar-refractivity contribution is -0.274. The van der Waals surface area contributed by atoms with Gasteiger partial charge in [0.25, 0.3) is 0 Å². The minimum absolute atomic E-state index is 0.0552. The van der Waals surface area contributed by atoms with Gasteiger partial charge in [-0.25, -0.2) is 0 Å². The molecular formula is C34H48F3OP. The summed E-state index contributed by atoms with van der Waals surface area (Å²) >= 11 is 0. The molecule has 216 valence electrons. The van der Waals surface area contributed by atoms with Gasteiger partial charge in [-0.15, -0.1) is 13.2 Å². The largest absolute Gasteiger partial charge is 0.573 e. The molecule has 0 aromatic heterocycles. The van der Waals surface area contributed by atoms with Crippen molar-refractivity contribution in [1.29, 1.82) is 0 Å². The Hall–Kier alpha value is -1.54. The Morgan fingerprint density at radius 3 is 1.62 bits per heavy atom. The highest BCUT2D eigenvalue weighted by molar-refractivity contribution is 7.67. The molecule has 0 aliphatic heterocycles. The van der Waals surface area contributed by atoms with Crippen LogP contribution >= 0.6 is 7.92 Å². The molecule has 0 radical (unpaired) electrons. The molecule has 0 heterocycles. The van der Waals surface area contributed by atoms with Gasteiger partial charge in [0.2, 0.25) is 0 Å². The van der Waals surface area contributed by atoms with E-state index in [1.165, 1.54) is 55.2 Å². The lowest BCUT2D eigenvalue weighted by Gasteiger charge is -2.40. The maximum Gasteiger partial charge on any atom is 0.573 e. The quantitative estimate of drug-likeness (QED) is 0.292. The molecule has 5 heteroatoms. The molecule has 4 rings (SSSR count). The van der Waals surface area contributed by atoms with Crippen LogP contribution in [0.4, 0.5) is 13.2 Å². The van der Waals surface area contributed by atoms with Crippen molar-refractivity contribution in [2.24, 2.45) is 0 Å². The summed E-state index contributed by atoms with van der Waals surface area (Å²) < 4.78 is 46.8. The Morgan fingerprint density at radius 1 is 0.718 bits per heavy atom. The normalized spacial score (nSPS) is 18.1. The summed E-state index contributed by atoms with van der Waals surface area (Å²) in [5, 5.41) is 0.893. The first kappa shape index (κ1) is 30.4. The molecule has 2 aromatic rings. The van der Waals surface area contributed by atoms with Crippen molar-refractivity contribution < 1.29 is 17.9 Å². The van der Waals surface area contributed by atoms with Gasteiger partial charge in [-0.2, -0.15) is 0 Å². The average Bonchev–Trinajstić information content (AvgIpc) is 2.89. The van der Waals surface area contributed by atoms with E-state index >= 15 is 0 Å². The molecule has 0 N–H and O–H groups in total. The third-order valence-electron chi connectivity index (χ3n) is 8.82. The van der Waals surface area contributed by atoms with E-state index in [2.05, 4.69) is 59.7 Å². The van der Waals surface area contributed by atoms with Crippen LogP contribution in [0.25, 0.3) is 11.1 Å². The highest BCUT2D eigenvalue weighted by Crippen LogP contribution is 2.58. The van der Waals surface area contributed by atoms with Gasteiger partial charge < -0.3 is 4.74 Å². The topological polar surface area (TPSA) is 9.23 Å². The molecule has 0 bridgehead atoms. The minimum atomic E-state index is -4.71. The molecule has 2 fully saturated rings. The molecule has 2 aromatic carbocycles. The Morgan fingerprint density at radius 2 is 1.21 bits per heavy atom. The van der Waals surface area contributed by atoms with E-state index < -0.39 is 14.3 Å². The average molecular weight is 561 g/mol. The molecule has 39 heavy (non-hydrogen) atoms. The predicted octanol–water partition coefficient (Wildman–Crippen LogP) is 11.4. The van der Waals surface area contributed by atoms with Crippen molar-refractivity contribution in [3.05, 3.63) is 47.0 Å². The molecule has 2 saturated carbocycles. The van der Waals surface area contributed by atoms with Gasteiger partial charge in [0, 0.05) is 5.30 Å². The van der Waals surface area contributed by atoms with Crippen LogP contribution in [-0.4, -0.2) is 17.7 Å². The number of hydrogen-bond acceptors (Lipinski definition) is 1. The number of rotatable bonds is 8. The predicted molar refractivity (Wildman–Crippen MR) is 161 cm³/mol. The van der Waals surface area contributed by atoms with E-state index in [4.69, 9.17) is 4.74 Å². The molecule has 1 nitrogen and oxygen atoms in total. The Kier molecular flexibility index (Phi) is 10.1. The minimum Gasteiger partial charge on any atom is -0.405 e. The zero-order valence-corrected chi connectivity index (χ0v) is 25.7. The molecule has 0 atom stereocenters. The molecular weight excluding hydrogens is 512 g/mol. The Balaban J connectivity index is 2.04. The van der Waals surface area contributed by atoms with Gasteiger partial charge in [-0.3, -0.25) is 0 Å². The molecule has 2 aliphatic rings. The van der Waals surface area contributed by atoms with E-state index in [-0.39, 0.29) is 17.6 Å². The summed E-state index contributed by atoms with van der Waals surface area (Å²) in [5.41, 5.74) is 6.89. The van der Waals surface area contributed by atoms with Crippen LogP contribution in [0.15, 0.2) is 30.3 Å². The van der Waals surface area contributed by atoms with Gasteiger partial charge in [-0.05, 0) is 88.6 Å². The maximum atomic E-state index is 13.9. The Bertz CT molecular complexity index is 1050. The highest BCUT2D eigenvalue weighted by Gasteiger charge is 2.39. The number of halogens is 3. The first-order chi connectivity index (χ1) is 18.5. The van der Waals surface area contributed by atoms with Gasteiger partial charge in [0.05, 0.1) is 0 Å². The van der Waals surface area contributed by atoms with Crippen LogP contribution in [0, 0.1) is 0 Å². The maximum absolute atomic E-state index is 13.9. The smallest absolute Gasteiger partial charge is 0.405 e. The molecule has 0 amide bonds. The summed E-state index contributed by atoms with van der Waals surface area (Å²) in [5.74, 6) is 0.952. The van der Waals surface area contributed by atoms with E-state index in [9.17, 15) is 13.2 Å².